The van der Waals surface area contributed by atoms with Crippen LogP contribution in [-0.2, 0) is 11.2 Å². The van der Waals surface area contributed by atoms with Gasteiger partial charge in [0.15, 0.2) is 0 Å². The fraction of sp³-hybridized carbons (Fsp3) is 0.278. The van der Waals surface area contributed by atoms with Crippen LogP contribution in [0.4, 0.5) is 8.78 Å². The molecule has 0 spiro atoms. The molecule has 0 aliphatic rings. The first-order valence-electron chi connectivity index (χ1n) is 7.58. The Morgan fingerprint density at radius 3 is 2.42 bits per heavy atom. The lowest BCUT2D eigenvalue weighted by Gasteiger charge is -2.19. The summed E-state index contributed by atoms with van der Waals surface area (Å²) in [4.78, 5) is 12.3. The van der Waals surface area contributed by atoms with Gasteiger partial charge in [0.05, 0.1) is 12.5 Å². The third-order valence-corrected chi connectivity index (χ3v) is 3.49. The maximum Gasteiger partial charge on any atom is 0.387 e. The molecule has 6 heteroatoms. The molecule has 1 amide bonds. The number of halogens is 2. The number of alkyl halides is 2. The van der Waals surface area contributed by atoms with Crippen LogP contribution in [0.25, 0.3) is 0 Å². The Balaban J connectivity index is 2.06. The number of nitrogens with one attached hydrogen (secondary N) is 1. The van der Waals surface area contributed by atoms with E-state index < -0.39 is 6.61 Å². The van der Waals surface area contributed by atoms with Crippen LogP contribution in [0.5, 0.6) is 5.75 Å². The summed E-state index contributed by atoms with van der Waals surface area (Å²) in [5.74, 6) is -0.344. The Morgan fingerprint density at radius 1 is 1.08 bits per heavy atom. The van der Waals surface area contributed by atoms with Gasteiger partial charge in [0.1, 0.15) is 5.75 Å². The van der Waals surface area contributed by atoms with Gasteiger partial charge in [0.25, 0.3) is 0 Å². The monoisotopic (exact) mass is 335 g/mol. The maximum atomic E-state index is 12.4. The standard InChI is InChI=1S/C18H19F2NO3/c19-18(20)24-16-9-5-4-8-14(16)12-17(23)21-15(10-11-22)13-6-2-1-3-7-13/h1-9,15,18,22H,10-12H2,(H,21,23). The number of hydrogen-bond donors (Lipinski definition) is 2. The number of para-hydroxylation sites is 1. The van der Waals surface area contributed by atoms with Crippen molar-refractivity contribution in [3.05, 3.63) is 65.7 Å². The molecule has 128 valence electrons. The molecule has 0 aliphatic carbocycles. The summed E-state index contributed by atoms with van der Waals surface area (Å²) in [5, 5.41) is 12.0. The second-order valence-electron chi connectivity index (χ2n) is 5.21. The SMILES string of the molecule is O=C(Cc1ccccc1OC(F)F)NC(CCO)c1ccccc1. The van der Waals surface area contributed by atoms with Crippen LogP contribution >= 0.6 is 0 Å². The number of carbonyl (C=O) groups is 1. The van der Waals surface area contributed by atoms with E-state index in [-0.39, 0.29) is 30.7 Å². The molecule has 2 rings (SSSR count). The van der Waals surface area contributed by atoms with Crippen LogP contribution in [0, 0.1) is 0 Å². The van der Waals surface area contributed by atoms with Gasteiger partial charge < -0.3 is 15.2 Å². The summed E-state index contributed by atoms with van der Waals surface area (Å²) in [6.07, 6.45) is 0.280. The second kappa shape index (κ2) is 8.98. The van der Waals surface area contributed by atoms with Crippen molar-refractivity contribution in [2.75, 3.05) is 6.61 Å². The topological polar surface area (TPSA) is 58.6 Å². The van der Waals surface area contributed by atoms with E-state index in [1.54, 1.807) is 18.2 Å². The number of benzene rings is 2. The zero-order chi connectivity index (χ0) is 17.4. The highest BCUT2D eigenvalue weighted by molar-refractivity contribution is 5.79. The highest BCUT2D eigenvalue weighted by Crippen LogP contribution is 2.22. The Labute approximate surface area is 139 Å². The average Bonchev–Trinajstić information content (AvgIpc) is 2.56. The fourth-order valence-electron chi connectivity index (χ4n) is 2.42. The van der Waals surface area contributed by atoms with Crippen molar-refractivity contribution in [3.8, 4) is 5.75 Å². The quantitative estimate of drug-likeness (QED) is 0.779. The van der Waals surface area contributed by atoms with Crippen LogP contribution < -0.4 is 10.1 Å². The van der Waals surface area contributed by atoms with Crippen molar-refractivity contribution in [2.45, 2.75) is 25.5 Å². The van der Waals surface area contributed by atoms with Crippen molar-refractivity contribution < 1.29 is 23.4 Å². The number of amides is 1. The molecule has 0 aromatic heterocycles. The third kappa shape index (κ3) is 5.31. The number of aliphatic hydroxyl groups excluding tert-OH is 1. The fourth-order valence-corrected chi connectivity index (χ4v) is 2.42. The zero-order valence-electron chi connectivity index (χ0n) is 13.0. The minimum atomic E-state index is -2.94. The summed E-state index contributed by atoms with van der Waals surface area (Å²) in [6.45, 7) is -3.02. The number of rotatable bonds is 8. The van der Waals surface area contributed by atoms with Gasteiger partial charge in [-0.2, -0.15) is 8.78 Å². The van der Waals surface area contributed by atoms with Crippen LogP contribution in [-0.4, -0.2) is 24.2 Å². The zero-order valence-corrected chi connectivity index (χ0v) is 13.0. The van der Waals surface area contributed by atoms with Crippen molar-refractivity contribution in [1.29, 1.82) is 0 Å². The smallest absolute Gasteiger partial charge is 0.387 e. The first kappa shape index (κ1) is 17.9. The van der Waals surface area contributed by atoms with E-state index in [4.69, 9.17) is 0 Å². The molecule has 2 N–H and O–H groups in total. The van der Waals surface area contributed by atoms with Crippen LogP contribution in [0.1, 0.15) is 23.6 Å². The average molecular weight is 335 g/mol. The molecule has 4 nitrogen and oxygen atoms in total. The van der Waals surface area contributed by atoms with E-state index >= 15 is 0 Å². The second-order valence-corrected chi connectivity index (χ2v) is 5.21. The maximum absolute atomic E-state index is 12.4. The predicted molar refractivity (Wildman–Crippen MR) is 85.8 cm³/mol. The summed E-state index contributed by atoms with van der Waals surface area (Å²) in [6, 6.07) is 15.1. The van der Waals surface area contributed by atoms with Crippen molar-refractivity contribution in [2.24, 2.45) is 0 Å². The van der Waals surface area contributed by atoms with Gasteiger partial charge in [-0.1, -0.05) is 48.5 Å². The molecule has 0 bridgehead atoms. The van der Waals surface area contributed by atoms with E-state index in [1.165, 1.54) is 6.07 Å². The lowest BCUT2D eigenvalue weighted by molar-refractivity contribution is -0.121. The van der Waals surface area contributed by atoms with Crippen molar-refractivity contribution >= 4 is 5.91 Å². The summed E-state index contributed by atoms with van der Waals surface area (Å²) in [5.41, 5.74) is 1.25. The van der Waals surface area contributed by atoms with Crippen molar-refractivity contribution in [3.63, 3.8) is 0 Å². The van der Waals surface area contributed by atoms with E-state index in [0.29, 0.717) is 12.0 Å². The molecule has 0 fully saturated rings. The largest absolute Gasteiger partial charge is 0.435 e. The van der Waals surface area contributed by atoms with E-state index in [2.05, 4.69) is 10.1 Å². The summed E-state index contributed by atoms with van der Waals surface area (Å²) >= 11 is 0. The molecule has 0 saturated carbocycles. The van der Waals surface area contributed by atoms with Crippen LogP contribution in [0.3, 0.4) is 0 Å². The van der Waals surface area contributed by atoms with Crippen molar-refractivity contribution in [1.82, 2.24) is 5.32 Å². The minimum absolute atomic E-state index is 0.0129. The first-order chi connectivity index (χ1) is 11.6. The van der Waals surface area contributed by atoms with E-state index in [1.807, 2.05) is 30.3 Å². The molecule has 2 aromatic rings. The molecule has 1 unspecified atom stereocenters. The number of aliphatic hydroxyl groups is 1. The molecule has 1 atom stereocenters. The molecule has 0 aliphatic heterocycles. The Kier molecular flexibility index (Phi) is 6.69. The molecule has 0 radical (unpaired) electrons. The van der Waals surface area contributed by atoms with Crippen LogP contribution in [0.2, 0.25) is 0 Å². The summed E-state index contributed by atoms with van der Waals surface area (Å²) in [7, 11) is 0. The van der Waals surface area contributed by atoms with E-state index in [9.17, 15) is 18.7 Å². The highest BCUT2D eigenvalue weighted by atomic mass is 19.3. The van der Waals surface area contributed by atoms with Gasteiger partial charge in [-0.05, 0) is 18.1 Å². The van der Waals surface area contributed by atoms with E-state index in [0.717, 1.165) is 5.56 Å². The molecule has 24 heavy (non-hydrogen) atoms. The molecular formula is C18H19F2NO3. The number of ether oxygens (including phenoxy) is 1. The third-order valence-electron chi connectivity index (χ3n) is 3.49. The highest BCUT2D eigenvalue weighted by Gasteiger charge is 2.16. The van der Waals surface area contributed by atoms with Gasteiger partial charge in [-0.3, -0.25) is 4.79 Å². The molecular weight excluding hydrogens is 316 g/mol. The minimum Gasteiger partial charge on any atom is -0.435 e. The van der Waals surface area contributed by atoms with Crippen LogP contribution in [0.15, 0.2) is 54.6 Å². The summed E-state index contributed by atoms with van der Waals surface area (Å²) < 4.78 is 29.3. The lowest BCUT2D eigenvalue weighted by Crippen LogP contribution is -2.30. The molecule has 0 saturated heterocycles. The number of carbonyl (C=O) groups excluding carboxylic acids is 1. The predicted octanol–water partition coefficient (Wildman–Crippen LogP) is 3.07. The van der Waals surface area contributed by atoms with Gasteiger partial charge in [-0.15, -0.1) is 0 Å². The Morgan fingerprint density at radius 2 is 1.75 bits per heavy atom. The van der Waals surface area contributed by atoms with Gasteiger partial charge >= 0.3 is 6.61 Å². The number of hydrogen-bond acceptors (Lipinski definition) is 3. The Hall–Kier alpha value is -2.47. The lowest BCUT2D eigenvalue weighted by atomic mass is 10.0. The van der Waals surface area contributed by atoms with Gasteiger partial charge in [0.2, 0.25) is 5.91 Å². The molecule has 2 aromatic carbocycles. The van der Waals surface area contributed by atoms with Gasteiger partial charge in [-0.25, -0.2) is 0 Å². The normalized spacial score (nSPS) is 12.0. The Bertz CT molecular complexity index is 650. The molecule has 0 heterocycles. The first-order valence-corrected chi connectivity index (χ1v) is 7.58. The van der Waals surface area contributed by atoms with Gasteiger partial charge in [0, 0.05) is 12.2 Å².